The van der Waals surface area contributed by atoms with Gasteiger partial charge in [0.25, 0.3) is 0 Å². The van der Waals surface area contributed by atoms with Gasteiger partial charge in [0.05, 0.1) is 0 Å². The third kappa shape index (κ3) is 22.5. The summed E-state index contributed by atoms with van der Waals surface area (Å²) in [5, 5.41) is 0. The van der Waals surface area contributed by atoms with E-state index in [0.29, 0.717) is 0 Å². The summed E-state index contributed by atoms with van der Waals surface area (Å²) >= 11 is 0.281. The van der Waals surface area contributed by atoms with Gasteiger partial charge < -0.3 is 0 Å². The Morgan fingerprint density at radius 3 is 1.00 bits per heavy atom. The number of hydrogen-bond donors (Lipinski definition) is 0. The van der Waals surface area contributed by atoms with Crippen LogP contribution < -0.4 is 0 Å². The first-order chi connectivity index (χ1) is 3.13. The SMILES string of the molecule is C[CH](C)[Mg][CH](C)C.Cl.Cl.[LiH]. The monoisotopic (exact) mass is 190 g/mol. The van der Waals surface area contributed by atoms with E-state index in [0.717, 1.165) is 8.09 Å². The second kappa shape index (κ2) is 13.5. The fourth-order valence-corrected chi connectivity index (χ4v) is 2.83. The van der Waals surface area contributed by atoms with E-state index in [1.807, 2.05) is 0 Å². The second-order valence-electron chi connectivity index (χ2n) is 3.02. The summed E-state index contributed by atoms with van der Waals surface area (Å²) in [6.07, 6.45) is 0. The van der Waals surface area contributed by atoms with Crippen LogP contribution in [-0.4, -0.2) is 39.2 Å². The maximum absolute atomic E-state index is 2.33. The van der Waals surface area contributed by atoms with Crippen molar-refractivity contribution in [3.63, 3.8) is 0 Å². The van der Waals surface area contributed by atoms with E-state index in [1.165, 1.54) is 0 Å². The van der Waals surface area contributed by atoms with E-state index in [9.17, 15) is 0 Å². The maximum atomic E-state index is 2.33. The van der Waals surface area contributed by atoms with Crippen molar-refractivity contribution in [3.05, 3.63) is 0 Å². The molecule has 0 aromatic rings. The van der Waals surface area contributed by atoms with E-state index in [-0.39, 0.29) is 64.0 Å². The molecule has 0 amide bonds. The van der Waals surface area contributed by atoms with Gasteiger partial charge in [-0.2, -0.15) is 0 Å². The summed E-state index contributed by atoms with van der Waals surface area (Å²) < 4.78 is 2.03. The molecule has 0 atom stereocenters. The van der Waals surface area contributed by atoms with Crippen molar-refractivity contribution in [2.45, 2.75) is 35.8 Å². The molecular formula is C6H17Cl2LiMg. The first kappa shape index (κ1) is 22.7. The molecule has 0 aromatic carbocycles. The Morgan fingerprint density at radius 2 is 1.00 bits per heavy atom. The molecule has 58 valence electrons. The first-order valence-electron chi connectivity index (χ1n) is 3.13. The molecule has 0 N–H and O–H groups in total. The Balaban J connectivity index is -0.0000000600. The molecule has 0 unspecified atom stereocenters. The van der Waals surface area contributed by atoms with Gasteiger partial charge in [0.1, 0.15) is 0 Å². The van der Waals surface area contributed by atoms with Crippen LogP contribution in [0.3, 0.4) is 0 Å². The summed E-state index contributed by atoms with van der Waals surface area (Å²) in [4.78, 5) is 0. The molecule has 0 nitrogen and oxygen atoms in total. The normalized spacial score (nSPS) is 7.00. The van der Waals surface area contributed by atoms with Crippen LogP contribution in [0.2, 0.25) is 8.09 Å². The summed E-state index contributed by atoms with van der Waals surface area (Å²) in [5.74, 6) is 0. The van der Waals surface area contributed by atoms with E-state index in [2.05, 4.69) is 27.7 Å². The van der Waals surface area contributed by atoms with Gasteiger partial charge in [-0.3, -0.25) is 0 Å². The predicted octanol–water partition coefficient (Wildman–Crippen LogP) is 2.54. The van der Waals surface area contributed by atoms with Gasteiger partial charge in [-0.15, -0.1) is 32.9 Å². The minimum atomic E-state index is 0. The molecule has 0 saturated carbocycles. The molecule has 0 aromatic heterocycles. The average molecular weight is 191 g/mol. The zero-order valence-electron chi connectivity index (χ0n) is 6.68. The molecule has 0 bridgehead atoms. The third-order valence-electron chi connectivity index (χ3n) is 0.943. The van der Waals surface area contributed by atoms with Crippen LogP contribution in [0.5, 0.6) is 0 Å². The number of rotatable bonds is 2. The zero-order chi connectivity index (χ0) is 5.86. The Morgan fingerprint density at radius 1 is 0.800 bits per heavy atom. The van der Waals surface area contributed by atoms with Gasteiger partial charge in [0.15, 0.2) is 0 Å². The van der Waals surface area contributed by atoms with Crippen LogP contribution in [0.25, 0.3) is 0 Å². The van der Waals surface area contributed by atoms with Crippen molar-refractivity contribution in [3.8, 4) is 0 Å². The summed E-state index contributed by atoms with van der Waals surface area (Å²) in [5.41, 5.74) is 0. The summed E-state index contributed by atoms with van der Waals surface area (Å²) in [6, 6.07) is 0. The van der Waals surface area contributed by atoms with Crippen LogP contribution in [-0.2, 0) is 0 Å². The van der Waals surface area contributed by atoms with E-state index in [4.69, 9.17) is 0 Å². The molecule has 0 rings (SSSR count). The molecule has 0 aliphatic rings. The van der Waals surface area contributed by atoms with Crippen LogP contribution >= 0.6 is 24.8 Å². The molecule has 4 heteroatoms. The fourth-order valence-electron chi connectivity index (χ4n) is 0.943. The van der Waals surface area contributed by atoms with Gasteiger partial charge >= 0.3 is 39.2 Å². The summed E-state index contributed by atoms with van der Waals surface area (Å²) in [6.45, 7) is 9.30. The predicted molar refractivity (Wildman–Crippen MR) is 57.6 cm³/mol. The Bertz CT molecular complexity index is 45.0. The molecule has 0 radical (unpaired) electrons. The molecular weight excluding hydrogens is 174 g/mol. The standard InChI is InChI=1S/2C3H7.2ClH.Li.Mg.H/c2*1-3-2;;;;;/h2*3H,1-2H3;2*1H;;;. The van der Waals surface area contributed by atoms with Gasteiger partial charge in [-0.25, -0.2) is 0 Å². The van der Waals surface area contributed by atoms with Crippen molar-refractivity contribution in [2.75, 3.05) is 0 Å². The summed E-state index contributed by atoms with van der Waals surface area (Å²) in [7, 11) is 0. The Kier molecular flexibility index (Phi) is 30.7. The van der Waals surface area contributed by atoms with E-state index in [1.54, 1.807) is 0 Å². The third-order valence-corrected chi connectivity index (χ3v) is 2.83. The quantitative estimate of drug-likeness (QED) is 0.588. The van der Waals surface area contributed by atoms with Crippen LogP contribution in [0.15, 0.2) is 0 Å². The number of halogens is 2. The van der Waals surface area contributed by atoms with E-state index < -0.39 is 0 Å². The van der Waals surface area contributed by atoms with Gasteiger partial charge in [0.2, 0.25) is 0 Å². The van der Waals surface area contributed by atoms with Gasteiger partial charge in [-0.05, 0) is 0 Å². The topological polar surface area (TPSA) is 0 Å². The number of hydrogen-bond acceptors (Lipinski definition) is 0. The van der Waals surface area contributed by atoms with Crippen LogP contribution in [0, 0.1) is 0 Å². The van der Waals surface area contributed by atoms with Crippen molar-refractivity contribution in [2.24, 2.45) is 0 Å². The molecule has 0 fully saturated rings. The minimum absolute atomic E-state index is 0. The van der Waals surface area contributed by atoms with Crippen molar-refractivity contribution in [1.29, 1.82) is 0 Å². The molecule has 0 heterocycles. The fraction of sp³-hybridized carbons (Fsp3) is 1.00. The molecule has 10 heavy (non-hydrogen) atoms. The Hall–Kier alpha value is 1.94. The molecule has 0 aliphatic carbocycles. The average Bonchev–Trinajstić information content (AvgIpc) is 1.27. The zero-order valence-corrected chi connectivity index (χ0v) is 9.73. The van der Waals surface area contributed by atoms with Crippen molar-refractivity contribution < 1.29 is 0 Å². The first-order valence-corrected chi connectivity index (χ1v) is 4.76. The van der Waals surface area contributed by atoms with Gasteiger partial charge in [-0.1, -0.05) is 27.7 Å². The van der Waals surface area contributed by atoms with Crippen LogP contribution in [0.1, 0.15) is 27.7 Å². The molecule has 0 spiro atoms. The van der Waals surface area contributed by atoms with E-state index >= 15 is 0 Å². The van der Waals surface area contributed by atoms with Crippen molar-refractivity contribution >= 4 is 64.0 Å². The van der Waals surface area contributed by atoms with Crippen LogP contribution in [0.4, 0.5) is 0 Å². The Labute approximate surface area is 99.0 Å². The van der Waals surface area contributed by atoms with Crippen molar-refractivity contribution in [1.82, 2.24) is 0 Å². The van der Waals surface area contributed by atoms with Gasteiger partial charge in [0, 0.05) is 0 Å². The molecule has 0 saturated heterocycles. The molecule has 0 aliphatic heterocycles. The second-order valence-corrected chi connectivity index (χ2v) is 6.76.